The topological polar surface area (TPSA) is 61.5 Å². The molecule has 1 atom stereocenters. The number of aryl methyl sites for hydroxylation is 1. The van der Waals surface area contributed by atoms with Crippen LogP contribution in [-0.4, -0.2) is 65.0 Å². The molecule has 1 amide bonds. The average molecular weight is 320 g/mol. The van der Waals surface area contributed by atoms with Crippen LogP contribution in [0.25, 0.3) is 0 Å². The number of morpholine rings is 1. The first kappa shape index (κ1) is 16.5. The van der Waals surface area contributed by atoms with Crippen LogP contribution in [0.4, 0.5) is 0 Å². The largest absolute Gasteiger partial charge is 0.367 e. The van der Waals surface area contributed by atoms with E-state index in [9.17, 15) is 4.79 Å². The van der Waals surface area contributed by atoms with Gasteiger partial charge in [0, 0.05) is 31.4 Å². The molecule has 0 aromatic carbocycles. The zero-order valence-corrected chi connectivity index (χ0v) is 14.1. The van der Waals surface area contributed by atoms with Gasteiger partial charge in [0.1, 0.15) is 11.9 Å². The molecule has 2 aliphatic heterocycles. The molecule has 6 heteroatoms. The number of carbonyl (C=O) groups excluding carboxylic acids is 1. The Hall–Kier alpha value is -1.40. The number of rotatable bonds is 4. The molecule has 0 spiro atoms. The lowest BCUT2D eigenvalue weighted by Gasteiger charge is -2.32. The summed E-state index contributed by atoms with van der Waals surface area (Å²) in [4.78, 5) is 24.4. The molecule has 128 valence electrons. The van der Waals surface area contributed by atoms with Crippen molar-refractivity contribution >= 4 is 5.91 Å². The van der Waals surface area contributed by atoms with E-state index in [4.69, 9.17) is 4.74 Å². The normalized spacial score (nSPS) is 23.7. The van der Waals surface area contributed by atoms with Crippen LogP contribution >= 0.6 is 0 Å². The van der Waals surface area contributed by atoms with Crippen LogP contribution < -0.4 is 0 Å². The number of ether oxygens (including phenoxy) is 1. The molecular formula is C17H28N4O2. The van der Waals surface area contributed by atoms with E-state index in [0.717, 1.165) is 31.2 Å². The number of carbonyl (C=O) groups is 1. The second-order valence-electron chi connectivity index (χ2n) is 6.66. The predicted molar refractivity (Wildman–Crippen MR) is 88.1 cm³/mol. The molecule has 3 heterocycles. The van der Waals surface area contributed by atoms with Gasteiger partial charge in [0.2, 0.25) is 5.91 Å². The number of hydrogen-bond acceptors (Lipinski definition) is 4. The van der Waals surface area contributed by atoms with Gasteiger partial charge < -0.3 is 19.5 Å². The molecule has 6 nitrogen and oxygen atoms in total. The van der Waals surface area contributed by atoms with E-state index in [1.54, 1.807) is 6.20 Å². The standard InChI is InChI=1S/C17H28N4O2/c1-14-12-18-17(19-14)15-13-21(10-11-23-15)16(22)6-9-20-7-4-2-3-5-8-20/h12,15H,2-11,13H2,1H3,(H,18,19). The van der Waals surface area contributed by atoms with E-state index >= 15 is 0 Å². The summed E-state index contributed by atoms with van der Waals surface area (Å²) in [7, 11) is 0. The van der Waals surface area contributed by atoms with Crippen molar-refractivity contribution in [3.8, 4) is 0 Å². The lowest BCUT2D eigenvalue weighted by molar-refractivity contribution is -0.139. The van der Waals surface area contributed by atoms with Crippen molar-refractivity contribution in [1.29, 1.82) is 0 Å². The number of amides is 1. The summed E-state index contributed by atoms with van der Waals surface area (Å²) in [6.45, 7) is 7.03. The molecule has 1 aromatic heterocycles. The third-order valence-electron chi connectivity index (χ3n) is 4.79. The molecule has 1 unspecified atom stereocenters. The van der Waals surface area contributed by atoms with Crippen LogP contribution in [0.3, 0.4) is 0 Å². The zero-order valence-electron chi connectivity index (χ0n) is 14.1. The maximum absolute atomic E-state index is 12.5. The van der Waals surface area contributed by atoms with E-state index in [-0.39, 0.29) is 12.0 Å². The highest BCUT2D eigenvalue weighted by atomic mass is 16.5. The van der Waals surface area contributed by atoms with Gasteiger partial charge in [-0.1, -0.05) is 12.8 Å². The molecule has 0 bridgehead atoms. The van der Waals surface area contributed by atoms with Gasteiger partial charge in [-0.3, -0.25) is 4.79 Å². The second-order valence-corrected chi connectivity index (χ2v) is 6.66. The summed E-state index contributed by atoms with van der Waals surface area (Å²) in [5, 5.41) is 0. The molecule has 2 fully saturated rings. The summed E-state index contributed by atoms with van der Waals surface area (Å²) in [5.74, 6) is 1.07. The highest BCUT2D eigenvalue weighted by Gasteiger charge is 2.27. The van der Waals surface area contributed by atoms with E-state index in [1.807, 2.05) is 11.8 Å². The van der Waals surface area contributed by atoms with E-state index in [0.29, 0.717) is 26.1 Å². The highest BCUT2D eigenvalue weighted by molar-refractivity contribution is 5.76. The highest BCUT2D eigenvalue weighted by Crippen LogP contribution is 2.20. The fourth-order valence-corrected chi connectivity index (χ4v) is 3.41. The van der Waals surface area contributed by atoms with Crippen molar-refractivity contribution < 1.29 is 9.53 Å². The van der Waals surface area contributed by atoms with E-state index < -0.39 is 0 Å². The van der Waals surface area contributed by atoms with Gasteiger partial charge in [0.15, 0.2) is 0 Å². The minimum Gasteiger partial charge on any atom is -0.367 e. The van der Waals surface area contributed by atoms with Crippen molar-refractivity contribution in [3.63, 3.8) is 0 Å². The third kappa shape index (κ3) is 4.54. The van der Waals surface area contributed by atoms with Crippen molar-refractivity contribution in [2.75, 3.05) is 39.3 Å². The number of hydrogen-bond donors (Lipinski definition) is 1. The van der Waals surface area contributed by atoms with Gasteiger partial charge >= 0.3 is 0 Å². The van der Waals surface area contributed by atoms with Gasteiger partial charge in [-0.25, -0.2) is 4.98 Å². The summed E-state index contributed by atoms with van der Waals surface area (Å²) < 4.78 is 5.77. The van der Waals surface area contributed by atoms with Crippen LogP contribution in [0.2, 0.25) is 0 Å². The third-order valence-corrected chi connectivity index (χ3v) is 4.79. The summed E-state index contributed by atoms with van der Waals surface area (Å²) >= 11 is 0. The first-order valence-electron chi connectivity index (χ1n) is 8.85. The number of likely N-dealkylation sites (tertiary alicyclic amines) is 1. The Balaban J connectivity index is 1.48. The van der Waals surface area contributed by atoms with Gasteiger partial charge in [0.05, 0.1) is 13.2 Å². The zero-order chi connectivity index (χ0) is 16.1. The second kappa shape index (κ2) is 7.93. The van der Waals surface area contributed by atoms with Crippen LogP contribution in [0.15, 0.2) is 6.20 Å². The van der Waals surface area contributed by atoms with E-state index in [1.165, 1.54) is 25.7 Å². The van der Waals surface area contributed by atoms with Gasteiger partial charge in [0.25, 0.3) is 0 Å². The van der Waals surface area contributed by atoms with Crippen LogP contribution in [0.1, 0.15) is 49.7 Å². The number of nitrogens with zero attached hydrogens (tertiary/aromatic N) is 3. The van der Waals surface area contributed by atoms with Crippen molar-refractivity contribution in [3.05, 3.63) is 17.7 Å². The number of nitrogens with one attached hydrogen (secondary N) is 1. The molecular weight excluding hydrogens is 292 g/mol. The fraction of sp³-hybridized carbons (Fsp3) is 0.765. The molecule has 0 radical (unpaired) electrons. The van der Waals surface area contributed by atoms with Crippen LogP contribution in [0.5, 0.6) is 0 Å². The minimum absolute atomic E-state index is 0.125. The predicted octanol–water partition coefficient (Wildman–Crippen LogP) is 1.88. The number of aromatic amines is 1. The quantitative estimate of drug-likeness (QED) is 0.920. The molecule has 2 saturated heterocycles. The van der Waals surface area contributed by atoms with Crippen molar-refractivity contribution in [2.24, 2.45) is 0 Å². The van der Waals surface area contributed by atoms with E-state index in [2.05, 4.69) is 14.9 Å². The lowest BCUT2D eigenvalue weighted by Crippen LogP contribution is -2.43. The molecule has 3 rings (SSSR count). The molecule has 2 aliphatic rings. The Bertz CT molecular complexity index is 508. The van der Waals surface area contributed by atoms with Crippen molar-refractivity contribution in [1.82, 2.24) is 19.8 Å². The smallest absolute Gasteiger partial charge is 0.224 e. The minimum atomic E-state index is -0.125. The molecule has 0 saturated carbocycles. The van der Waals surface area contributed by atoms with Crippen LogP contribution in [-0.2, 0) is 9.53 Å². The Morgan fingerprint density at radius 1 is 1.30 bits per heavy atom. The first-order valence-corrected chi connectivity index (χ1v) is 8.85. The summed E-state index contributed by atoms with van der Waals surface area (Å²) in [6, 6.07) is 0. The Morgan fingerprint density at radius 3 is 2.78 bits per heavy atom. The Labute approximate surface area is 138 Å². The SMILES string of the molecule is Cc1cnc(C2CN(C(=O)CCN3CCCCCC3)CCO2)[nH]1. The molecule has 0 aliphatic carbocycles. The van der Waals surface area contributed by atoms with Gasteiger partial charge in [-0.2, -0.15) is 0 Å². The van der Waals surface area contributed by atoms with Gasteiger partial charge in [-0.15, -0.1) is 0 Å². The maximum Gasteiger partial charge on any atom is 0.224 e. The van der Waals surface area contributed by atoms with Crippen LogP contribution in [0, 0.1) is 6.92 Å². The van der Waals surface area contributed by atoms with Crippen molar-refractivity contribution in [2.45, 2.75) is 45.1 Å². The summed E-state index contributed by atoms with van der Waals surface area (Å²) in [6.07, 6.45) is 7.50. The molecule has 23 heavy (non-hydrogen) atoms. The monoisotopic (exact) mass is 320 g/mol. The summed E-state index contributed by atoms with van der Waals surface area (Å²) in [5.41, 5.74) is 1.02. The lowest BCUT2D eigenvalue weighted by atomic mass is 10.2. The Morgan fingerprint density at radius 2 is 2.09 bits per heavy atom. The number of imidazole rings is 1. The first-order chi connectivity index (χ1) is 11.2. The maximum atomic E-state index is 12.5. The molecule has 1 N–H and O–H groups in total. The fourth-order valence-electron chi connectivity index (χ4n) is 3.41. The Kier molecular flexibility index (Phi) is 5.67. The average Bonchev–Trinajstić information content (AvgIpc) is 2.84. The number of H-pyrrole nitrogens is 1. The van der Waals surface area contributed by atoms with Gasteiger partial charge in [-0.05, 0) is 32.9 Å². The molecule has 1 aromatic rings. The number of aromatic nitrogens is 2.